The number of hydrogen-bond acceptors (Lipinski definition) is 3. The Morgan fingerprint density at radius 2 is 1.96 bits per heavy atom. The predicted octanol–water partition coefficient (Wildman–Crippen LogP) is 3.82. The molecule has 1 aromatic heterocycles. The first-order valence-electron chi connectivity index (χ1n) is 8.71. The molecule has 0 radical (unpaired) electrons. The molecule has 3 heteroatoms. The lowest BCUT2D eigenvalue weighted by Gasteiger charge is -2.23. The molecule has 0 aliphatic carbocycles. The number of benzene rings is 2. The molecule has 0 spiro atoms. The van der Waals surface area contributed by atoms with E-state index >= 15 is 0 Å². The van der Waals surface area contributed by atoms with Gasteiger partial charge in [-0.15, -0.1) is 0 Å². The fourth-order valence-corrected chi connectivity index (χ4v) is 3.77. The summed E-state index contributed by atoms with van der Waals surface area (Å²) < 4.78 is 0. The lowest BCUT2D eigenvalue weighted by Crippen LogP contribution is -2.34. The quantitative estimate of drug-likeness (QED) is 0.795. The Labute approximate surface area is 143 Å². The summed E-state index contributed by atoms with van der Waals surface area (Å²) >= 11 is 0. The van der Waals surface area contributed by atoms with E-state index in [2.05, 4.69) is 58.4 Å². The lowest BCUT2D eigenvalue weighted by atomic mass is 9.98. The Hall–Kier alpha value is -2.23. The first-order chi connectivity index (χ1) is 11.8. The molecule has 1 aliphatic rings. The Bertz CT molecular complexity index is 821. The largest absolute Gasteiger partial charge is 0.329 e. The number of likely N-dealkylation sites (tertiary alicyclic amines) is 1. The highest BCUT2D eigenvalue weighted by atomic mass is 15.2. The normalized spacial score (nSPS) is 18.3. The highest BCUT2D eigenvalue weighted by molar-refractivity contribution is 5.96. The van der Waals surface area contributed by atoms with Gasteiger partial charge in [0.25, 0.3) is 0 Å². The minimum absolute atomic E-state index is 0.551. The van der Waals surface area contributed by atoms with Crippen molar-refractivity contribution in [3.8, 4) is 11.1 Å². The minimum Gasteiger partial charge on any atom is -0.329 e. The van der Waals surface area contributed by atoms with Crippen LogP contribution in [-0.4, -0.2) is 29.0 Å². The van der Waals surface area contributed by atoms with Crippen LogP contribution < -0.4 is 5.73 Å². The molecule has 2 N–H and O–H groups in total. The van der Waals surface area contributed by atoms with Gasteiger partial charge in [-0.05, 0) is 47.5 Å². The number of hydrogen-bond donors (Lipinski definition) is 1. The molecule has 2 heterocycles. The summed E-state index contributed by atoms with van der Waals surface area (Å²) in [6.07, 6.45) is 6.29. The Balaban J connectivity index is 1.59. The van der Waals surface area contributed by atoms with Crippen molar-refractivity contribution in [3.63, 3.8) is 0 Å². The molecule has 0 bridgehead atoms. The molecule has 0 amide bonds. The van der Waals surface area contributed by atoms with Crippen LogP contribution in [0.2, 0.25) is 0 Å². The van der Waals surface area contributed by atoms with Gasteiger partial charge >= 0.3 is 0 Å². The van der Waals surface area contributed by atoms with Crippen molar-refractivity contribution in [2.75, 3.05) is 13.1 Å². The predicted molar refractivity (Wildman–Crippen MR) is 99.7 cm³/mol. The molecule has 0 saturated carbocycles. The average Bonchev–Trinajstić information content (AvgIpc) is 3.09. The van der Waals surface area contributed by atoms with Gasteiger partial charge in [0.1, 0.15) is 0 Å². The second-order valence-electron chi connectivity index (χ2n) is 6.60. The molecular weight excluding hydrogens is 294 g/mol. The molecule has 1 saturated heterocycles. The SMILES string of the molecule is NCC1CCCN1Cc1ccc(-c2cccc3cnccc23)cc1. The van der Waals surface area contributed by atoms with Gasteiger partial charge in [-0.1, -0.05) is 42.5 Å². The van der Waals surface area contributed by atoms with Gasteiger partial charge < -0.3 is 5.73 Å². The summed E-state index contributed by atoms with van der Waals surface area (Å²) in [5.41, 5.74) is 9.77. The molecule has 3 aromatic rings. The van der Waals surface area contributed by atoms with E-state index < -0.39 is 0 Å². The zero-order valence-electron chi connectivity index (χ0n) is 13.9. The number of nitrogens with zero attached hydrogens (tertiary/aromatic N) is 2. The number of fused-ring (bicyclic) bond motifs is 1. The van der Waals surface area contributed by atoms with E-state index in [9.17, 15) is 0 Å². The highest BCUT2D eigenvalue weighted by Crippen LogP contribution is 2.28. The van der Waals surface area contributed by atoms with Gasteiger partial charge in [0, 0.05) is 36.9 Å². The summed E-state index contributed by atoms with van der Waals surface area (Å²) in [5, 5.41) is 2.44. The van der Waals surface area contributed by atoms with E-state index in [4.69, 9.17) is 5.73 Å². The van der Waals surface area contributed by atoms with Crippen molar-refractivity contribution in [2.45, 2.75) is 25.4 Å². The van der Waals surface area contributed by atoms with Crippen LogP contribution in [0.4, 0.5) is 0 Å². The third-order valence-corrected chi connectivity index (χ3v) is 5.10. The minimum atomic E-state index is 0.551. The third kappa shape index (κ3) is 2.93. The molecule has 1 atom stereocenters. The lowest BCUT2D eigenvalue weighted by molar-refractivity contribution is 0.250. The van der Waals surface area contributed by atoms with Crippen LogP contribution >= 0.6 is 0 Å². The molecule has 1 fully saturated rings. The zero-order chi connectivity index (χ0) is 16.4. The second kappa shape index (κ2) is 6.71. The number of aromatic nitrogens is 1. The second-order valence-corrected chi connectivity index (χ2v) is 6.60. The van der Waals surface area contributed by atoms with Crippen molar-refractivity contribution < 1.29 is 0 Å². The maximum Gasteiger partial charge on any atom is 0.0346 e. The van der Waals surface area contributed by atoms with E-state index in [1.807, 2.05) is 12.4 Å². The van der Waals surface area contributed by atoms with E-state index in [-0.39, 0.29) is 0 Å². The molecule has 2 aromatic carbocycles. The van der Waals surface area contributed by atoms with Crippen LogP contribution in [0, 0.1) is 0 Å². The summed E-state index contributed by atoms with van der Waals surface area (Å²) in [7, 11) is 0. The summed E-state index contributed by atoms with van der Waals surface area (Å²) in [6, 6.07) is 18.0. The van der Waals surface area contributed by atoms with E-state index in [0.717, 1.165) is 13.1 Å². The topological polar surface area (TPSA) is 42.1 Å². The van der Waals surface area contributed by atoms with Crippen LogP contribution in [0.25, 0.3) is 21.9 Å². The molecular formula is C21H23N3. The first-order valence-corrected chi connectivity index (χ1v) is 8.71. The van der Waals surface area contributed by atoms with Crippen LogP contribution in [0.5, 0.6) is 0 Å². The van der Waals surface area contributed by atoms with Gasteiger partial charge in [0.05, 0.1) is 0 Å². The molecule has 24 heavy (non-hydrogen) atoms. The van der Waals surface area contributed by atoms with Gasteiger partial charge in [-0.25, -0.2) is 0 Å². The molecule has 3 nitrogen and oxygen atoms in total. The summed E-state index contributed by atoms with van der Waals surface area (Å²) in [4.78, 5) is 6.73. The number of pyridine rings is 1. The zero-order valence-corrected chi connectivity index (χ0v) is 13.9. The van der Waals surface area contributed by atoms with Crippen LogP contribution in [-0.2, 0) is 6.54 Å². The van der Waals surface area contributed by atoms with Crippen molar-refractivity contribution in [1.82, 2.24) is 9.88 Å². The van der Waals surface area contributed by atoms with Gasteiger partial charge in [0.2, 0.25) is 0 Å². The molecule has 1 unspecified atom stereocenters. The molecule has 4 rings (SSSR count). The van der Waals surface area contributed by atoms with Gasteiger partial charge in [-0.2, -0.15) is 0 Å². The van der Waals surface area contributed by atoms with Crippen molar-refractivity contribution in [1.29, 1.82) is 0 Å². The smallest absolute Gasteiger partial charge is 0.0346 e. The third-order valence-electron chi connectivity index (χ3n) is 5.10. The van der Waals surface area contributed by atoms with Gasteiger partial charge in [-0.3, -0.25) is 9.88 Å². The van der Waals surface area contributed by atoms with Gasteiger partial charge in [0.15, 0.2) is 0 Å². The maximum absolute atomic E-state index is 5.88. The monoisotopic (exact) mass is 317 g/mol. The Morgan fingerprint density at radius 1 is 1.08 bits per heavy atom. The van der Waals surface area contributed by atoms with Crippen molar-refractivity contribution in [2.24, 2.45) is 5.73 Å². The van der Waals surface area contributed by atoms with Crippen LogP contribution in [0.1, 0.15) is 18.4 Å². The van der Waals surface area contributed by atoms with Crippen LogP contribution in [0.3, 0.4) is 0 Å². The maximum atomic E-state index is 5.88. The first kappa shape index (κ1) is 15.3. The highest BCUT2D eigenvalue weighted by Gasteiger charge is 2.22. The van der Waals surface area contributed by atoms with E-state index in [0.29, 0.717) is 6.04 Å². The fourth-order valence-electron chi connectivity index (χ4n) is 3.77. The fraction of sp³-hybridized carbons (Fsp3) is 0.286. The van der Waals surface area contributed by atoms with E-state index in [1.54, 1.807) is 0 Å². The summed E-state index contributed by atoms with van der Waals surface area (Å²) in [6.45, 7) is 2.93. The number of rotatable bonds is 4. The summed E-state index contributed by atoms with van der Waals surface area (Å²) in [5.74, 6) is 0. The molecule has 122 valence electrons. The van der Waals surface area contributed by atoms with Crippen molar-refractivity contribution in [3.05, 3.63) is 66.5 Å². The standard InChI is InChI=1S/C21H23N3/c22-13-19-4-2-12-24(19)15-16-6-8-17(9-7-16)20-5-1-3-18-14-23-11-10-21(18)20/h1,3,5-11,14,19H,2,4,12-13,15,22H2. The molecule has 1 aliphatic heterocycles. The number of nitrogens with two attached hydrogens (primary N) is 1. The van der Waals surface area contributed by atoms with Crippen molar-refractivity contribution >= 4 is 10.8 Å². The van der Waals surface area contributed by atoms with E-state index in [1.165, 1.54) is 46.8 Å². The Morgan fingerprint density at radius 3 is 2.79 bits per heavy atom. The van der Waals surface area contributed by atoms with Crippen LogP contribution in [0.15, 0.2) is 60.9 Å². The Kier molecular flexibility index (Phi) is 4.28. The average molecular weight is 317 g/mol.